The first-order chi connectivity index (χ1) is 10.7. The number of aromatic nitrogens is 4. The topological polar surface area (TPSA) is 72.7 Å². The Kier molecular flexibility index (Phi) is 4.24. The fraction of sp³-hybridized carbons (Fsp3) is 0.200. The molecule has 0 atom stereocenters. The third kappa shape index (κ3) is 3.37. The average Bonchev–Trinajstić information content (AvgIpc) is 3.15. The highest BCUT2D eigenvalue weighted by Gasteiger charge is 2.14. The van der Waals surface area contributed by atoms with Crippen molar-refractivity contribution in [1.29, 1.82) is 0 Å². The van der Waals surface area contributed by atoms with E-state index in [-0.39, 0.29) is 5.91 Å². The van der Waals surface area contributed by atoms with E-state index in [1.54, 1.807) is 6.20 Å². The maximum Gasteiger partial charge on any atom is 0.277 e. The van der Waals surface area contributed by atoms with Crippen LogP contribution in [0.5, 0.6) is 0 Å². The van der Waals surface area contributed by atoms with Crippen LogP contribution in [0.1, 0.15) is 20.9 Å². The molecule has 1 aromatic carbocycles. The van der Waals surface area contributed by atoms with E-state index >= 15 is 0 Å². The van der Waals surface area contributed by atoms with Crippen LogP contribution in [-0.4, -0.2) is 25.3 Å². The van der Waals surface area contributed by atoms with Crippen molar-refractivity contribution < 1.29 is 4.79 Å². The maximum absolute atomic E-state index is 12.0. The zero-order valence-electron chi connectivity index (χ0n) is 12.1. The van der Waals surface area contributed by atoms with Crippen molar-refractivity contribution in [1.82, 2.24) is 19.4 Å². The number of anilines is 1. The monoisotopic (exact) mass is 313 g/mol. The van der Waals surface area contributed by atoms with Crippen molar-refractivity contribution in [2.24, 2.45) is 0 Å². The number of benzene rings is 1. The first-order valence-electron chi connectivity index (χ1n) is 6.89. The minimum Gasteiger partial charge on any atom is -0.318 e. The van der Waals surface area contributed by atoms with E-state index < -0.39 is 0 Å². The van der Waals surface area contributed by atoms with E-state index in [2.05, 4.69) is 32.1 Å². The number of carbonyl (C=O) groups excluding carboxylic acids is 1. The van der Waals surface area contributed by atoms with Crippen LogP contribution in [0.15, 0.2) is 42.7 Å². The molecule has 0 aliphatic heterocycles. The van der Waals surface area contributed by atoms with Crippen LogP contribution in [0.2, 0.25) is 0 Å². The Bertz CT molecular complexity index is 765. The molecule has 0 fully saturated rings. The van der Waals surface area contributed by atoms with Gasteiger partial charge in [-0.05, 0) is 30.4 Å². The molecule has 6 nitrogen and oxygen atoms in total. The van der Waals surface area contributed by atoms with Gasteiger partial charge in [0, 0.05) is 12.7 Å². The van der Waals surface area contributed by atoms with Gasteiger partial charge in [-0.3, -0.25) is 9.48 Å². The van der Waals surface area contributed by atoms with Crippen molar-refractivity contribution >= 4 is 23.1 Å². The van der Waals surface area contributed by atoms with E-state index in [0.29, 0.717) is 11.4 Å². The van der Waals surface area contributed by atoms with Gasteiger partial charge < -0.3 is 5.32 Å². The number of hydrogen-bond acceptors (Lipinski definition) is 5. The number of carbonyl (C=O) groups is 1. The summed E-state index contributed by atoms with van der Waals surface area (Å²) in [7, 11) is 0. The minimum absolute atomic E-state index is 0.256. The SMILES string of the molecule is Cc1snnc1C(=O)Nc1cnn(CCc2ccccc2)c1. The first kappa shape index (κ1) is 14.4. The molecule has 1 amide bonds. The molecule has 2 aromatic heterocycles. The molecule has 112 valence electrons. The van der Waals surface area contributed by atoms with Crippen molar-refractivity contribution in [3.05, 3.63) is 58.9 Å². The molecule has 0 unspecified atom stereocenters. The normalized spacial score (nSPS) is 10.6. The van der Waals surface area contributed by atoms with Gasteiger partial charge >= 0.3 is 0 Å². The molecule has 22 heavy (non-hydrogen) atoms. The number of amides is 1. The Hall–Kier alpha value is -2.54. The molecular formula is C15H15N5OS. The van der Waals surface area contributed by atoms with Gasteiger partial charge in [0.05, 0.1) is 16.8 Å². The Balaban J connectivity index is 1.59. The summed E-state index contributed by atoms with van der Waals surface area (Å²) >= 11 is 1.21. The van der Waals surface area contributed by atoms with Crippen molar-refractivity contribution in [3.63, 3.8) is 0 Å². The van der Waals surface area contributed by atoms with Crippen molar-refractivity contribution in [2.45, 2.75) is 19.9 Å². The van der Waals surface area contributed by atoms with Gasteiger partial charge in [-0.25, -0.2) is 0 Å². The molecule has 0 spiro atoms. The molecule has 0 saturated heterocycles. The average molecular weight is 313 g/mol. The molecule has 2 heterocycles. The Morgan fingerprint density at radius 3 is 2.86 bits per heavy atom. The minimum atomic E-state index is -0.256. The lowest BCUT2D eigenvalue weighted by Crippen LogP contribution is -2.13. The number of aryl methyl sites for hydroxylation is 3. The third-order valence-corrected chi connectivity index (χ3v) is 3.86. The van der Waals surface area contributed by atoms with Crippen LogP contribution in [0.25, 0.3) is 0 Å². The number of hydrogen-bond donors (Lipinski definition) is 1. The van der Waals surface area contributed by atoms with Gasteiger partial charge in [-0.1, -0.05) is 34.8 Å². The fourth-order valence-corrected chi connectivity index (χ4v) is 2.54. The van der Waals surface area contributed by atoms with Gasteiger partial charge in [-0.2, -0.15) is 5.10 Å². The Morgan fingerprint density at radius 1 is 1.32 bits per heavy atom. The van der Waals surface area contributed by atoms with Crippen LogP contribution < -0.4 is 5.32 Å². The second kappa shape index (κ2) is 6.48. The first-order valence-corrected chi connectivity index (χ1v) is 7.66. The largest absolute Gasteiger partial charge is 0.318 e. The molecule has 0 radical (unpaired) electrons. The summed E-state index contributed by atoms with van der Waals surface area (Å²) in [6.45, 7) is 2.58. The van der Waals surface area contributed by atoms with Gasteiger partial charge in [0.15, 0.2) is 5.69 Å². The second-order valence-corrected chi connectivity index (χ2v) is 5.82. The quantitative estimate of drug-likeness (QED) is 0.785. The van der Waals surface area contributed by atoms with Gasteiger partial charge in [0.2, 0.25) is 0 Å². The predicted octanol–water partition coefficient (Wildman–Crippen LogP) is 2.54. The van der Waals surface area contributed by atoms with E-state index in [0.717, 1.165) is 17.8 Å². The van der Waals surface area contributed by atoms with Gasteiger partial charge in [-0.15, -0.1) is 5.10 Å². The summed E-state index contributed by atoms with van der Waals surface area (Å²) in [4.78, 5) is 12.8. The molecular weight excluding hydrogens is 298 g/mol. The molecule has 3 rings (SSSR count). The molecule has 0 saturated carbocycles. The predicted molar refractivity (Wildman–Crippen MR) is 85.0 cm³/mol. The summed E-state index contributed by atoms with van der Waals surface area (Å²) in [5.74, 6) is -0.256. The molecule has 3 aromatic rings. The second-order valence-electron chi connectivity index (χ2n) is 4.86. The number of rotatable bonds is 5. The standard InChI is InChI=1S/C15H15N5OS/c1-11-14(18-19-22-11)15(21)17-13-9-16-20(10-13)8-7-12-5-3-2-4-6-12/h2-6,9-10H,7-8H2,1H3,(H,17,21). The van der Waals surface area contributed by atoms with E-state index in [1.165, 1.54) is 17.1 Å². The highest BCUT2D eigenvalue weighted by atomic mass is 32.1. The zero-order valence-corrected chi connectivity index (χ0v) is 12.9. The van der Waals surface area contributed by atoms with Crippen LogP contribution in [0, 0.1) is 6.92 Å². The van der Waals surface area contributed by atoms with Gasteiger partial charge in [0.25, 0.3) is 5.91 Å². The Morgan fingerprint density at radius 2 is 2.14 bits per heavy atom. The Labute approximate surface area is 132 Å². The van der Waals surface area contributed by atoms with E-state index in [4.69, 9.17) is 0 Å². The molecule has 0 aliphatic rings. The third-order valence-electron chi connectivity index (χ3n) is 3.23. The van der Waals surface area contributed by atoms with Crippen LogP contribution in [0.4, 0.5) is 5.69 Å². The highest BCUT2D eigenvalue weighted by Crippen LogP contribution is 2.12. The molecule has 1 N–H and O–H groups in total. The summed E-state index contributed by atoms with van der Waals surface area (Å²) < 4.78 is 5.58. The summed E-state index contributed by atoms with van der Waals surface area (Å²) in [6.07, 6.45) is 4.35. The van der Waals surface area contributed by atoms with Gasteiger partial charge in [0.1, 0.15) is 0 Å². The highest BCUT2D eigenvalue weighted by molar-refractivity contribution is 7.05. The van der Waals surface area contributed by atoms with E-state index in [1.807, 2.05) is 36.0 Å². The fourth-order valence-electron chi connectivity index (χ4n) is 2.07. The van der Waals surface area contributed by atoms with E-state index in [9.17, 15) is 4.79 Å². The van der Waals surface area contributed by atoms with Crippen molar-refractivity contribution in [3.8, 4) is 0 Å². The molecule has 7 heteroatoms. The van der Waals surface area contributed by atoms with Crippen LogP contribution in [-0.2, 0) is 13.0 Å². The van der Waals surface area contributed by atoms with Crippen LogP contribution in [0.3, 0.4) is 0 Å². The zero-order chi connectivity index (χ0) is 15.4. The lowest BCUT2D eigenvalue weighted by molar-refractivity contribution is 0.102. The maximum atomic E-state index is 12.0. The molecule has 0 aliphatic carbocycles. The summed E-state index contributed by atoms with van der Waals surface area (Å²) in [6, 6.07) is 10.2. The summed E-state index contributed by atoms with van der Waals surface area (Å²) in [5, 5.41) is 10.9. The lowest BCUT2D eigenvalue weighted by Gasteiger charge is -2.02. The number of nitrogens with one attached hydrogen (secondary N) is 1. The number of nitrogens with zero attached hydrogens (tertiary/aromatic N) is 4. The van der Waals surface area contributed by atoms with Crippen molar-refractivity contribution in [2.75, 3.05) is 5.32 Å². The molecule has 0 bridgehead atoms. The lowest BCUT2D eigenvalue weighted by atomic mass is 10.1. The van der Waals surface area contributed by atoms with Crippen LogP contribution >= 0.6 is 11.5 Å². The smallest absolute Gasteiger partial charge is 0.277 e. The summed E-state index contributed by atoms with van der Waals surface area (Å²) in [5.41, 5.74) is 2.28.